The van der Waals surface area contributed by atoms with Crippen molar-refractivity contribution in [2.75, 3.05) is 26.2 Å². The fraction of sp³-hybridized carbons (Fsp3) is 0.389. The average Bonchev–Trinajstić information content (AvgIpc) is 2.62. The Morgan fingerprint density at radius 1 is 1.00 bits per heavy atom. The summed E-state index contributed by atoms with van der Waals surface area (Å²) in [6, 6.07) is 10.2. The number of pyridine rings is 1. The first-order valence-electron chi connectivity index (χ1n) is 8.18. The van der Waals surface area contributed by atoms with Crippen molar-refractivity contribution in [1.82, 2.24) is 15.2 Å². The van der Waals surface area contributed by atoms with Gasteiger partial charge in [0.1, 0.15) is 18.1 Å². The first-order valence-corrected chi connectivity index (χ1v) is 8.18. The van der Waals surface area contributed by atoms with Gasteiger partial charge in [-0.25, -0.2) is 0 Å². The molecule has 2 aromatic rings. The van der Waals surface area contributed by atoms with Crippen LogP contribution in [0.1, 0.15) is 16.8 Å². The number of nitrogens with zero attached hydrogens (tertiary/aromatic N) is 2. The second-order valence-corrected chi connectivity index (χ2v) is 6.01. The van der Waals surface area contributed by atoms with Crippen LogP contribution in [0.5, 0.6) is 5.75 Å². The van der Waals surface area contributed by atoms with Crippen molar-refractivity contribution < 1.29 is 17.9 Å². The minimum Gasteiger partial charge on any atom is -0.489 e. The molecule has 1 aromatic carbocycles. The van der Waals surface area contributed by atoms with Crippen LogP contribution in [0.15, 0.2) is 42.6 Å². The van der Waals surface area contributed by atoms with Gasteiger partial charge < -0.3 is 10.1 Å². The molecule has 1 fully saturated rings. The van der Waals surface area contributed by atoms with E-state index in [0.717, 1.165) is 38.8 Å². The minimum absolute atomic E-state index is 0.183. The molecule has 2 heterocycles. The Morgan fingerprint density at radius 2 is 1.68 bits per heavy atom. The summed E-state index contributed by atoms with van der Waals surface area (Å²) < 4.78 is 43.0. The largest absolute Gasteiger partial charge is 0.489 e. The number of rotatable bonds is 5. The predicted molar refractivity (Wildman–Crippen MR) is 88.2 cm³/mol. The number of alkyl halides is 3. The molecule has 1 N–H and O–H groups in total. The van der Waals surface area contributed by atoms with Crippen molar-refractivity contribution in [3.8, 4) is 5.75 Å². The molecule has 0 spiro atoms. The summed E-state index contributed by atoms with van der Waals surface area (Å²) >= 11 is 0. The van der Waals surface area contributed by atoms with E-state index in [9.17, 15) is 13.2 Å². The molecule has 0 atom stereocenters. The van der Waals surface area contributed by atoms with Gasteiger partial charge in [0.2, 0.25) is 0 Å². The summed E-state index contributed by atoms with van der Waals surface area (Å²) in [7, 11) is 0. The van der Waals surface area contributed by atoms with Crippen molar-refractivity contribution in [1.29, 1.82) is 0 Å². The number of ether oxygens (including phenoxy) is 1. The highest BCUT2D eigenvalue weighted by Crippen LogP contribution is 2.27. The lowest BCUT2D eigenvalue weighted by atomic mass is 10.2. The molecule has 0 aliphatic carbocycles. The van der Waals surface area contributed by atoms with Crippen molar-refractivity contribution in [3.05, 3.63) is 59.4 Å². The van der Waals surface area contributed by atoms with Crippen molar-refractivity contribution >= 4 is 0 Å². The highest BCUT2D eigenvalue weighted by atomic mass is 19.4. The van der Waals surface area contributed by atoms with Crippen LogP contribution in [0, 0.1) is 0 Å². The zero-order valence-electron chi connectivity index (χ0n) is 13.7. The van der Waals surface area contributed by atoms with Crippen LogP contribution < -0.4 is 10.1 Å². The molecule has 0 bridgehead atoms. The molecule has 0 amide bonds. The van der Waals surface area contributed by atoms with E-state index in [4.69, 9.17) is 4.74 Å². The normalized spacial score (nSPS) is 16.0. The van der Waals surface area contributed by atoms with Crippen LogP contribution in [-0.4, -0.2) is 36.1 Å². The van der Waals surface area contributed by atoms with E-state index < -0.39 is 11.9 Å². The lowest BCUT2D eigenvalue weighted by Crippen LogP contribution is -2.42. The molecule has 1 saturated heterocycles. The maximum Gasteiger partial charge on any atom is 0.433 e. The molecule has 4 nitrogen and oxygen atoms in total. The Kier molecular flexibility index (Phi) is 5.55. The molecule has 7 heteroatoms. The smallest absolute Gasteiger partial charge is 0.433 e. The van der Waals surface area contributed by atoms with E-state index in [0.29, 0.717) is 11.3 Å². The van der Waals surface area contributed by atoms with Crippen LogP contribution in [0.2, 0.25) is 0 Å². The van der Waals surface area contributed by atoms with Gasteiger partial charge in [0, 0.05) is 44.5 Å². The van der Waals surface area contributed by atoms with Gasteiger partial charge in [-0.05, 0) is 23.8 Å². The van der Waals surface area contributed by atoms with Crippen LogP contribution in [0.25, 0.3) is 0 Å². The maximum atomic E-state index is 12.5. The second-order valence-electron chi connectivity index (χ2n) is 6.01. The van der Waals surface area contributed by atoms with Gasteiger partial charge in [-0.1, -0.05) is 18.2 Å². The van der Waals surface area contributed by atoms with E-state index in [1.807, 2.05) is 24.3 Å². The molecule has 1 aromatic heterocycles. The van der Waals surface area contributed by atoms with Gasteiger partial charge in [-0.2, -0.15) is 13.2 Å². The third-order valence-corrected chi connectivity index (χ3v) is 4.06. The molecular formula is C18H20F3N3O. The fourth-order valence-electron chi connectivity index (χ4n) is 2.66. The quantitative estimate of drug-likeness (QED) is 0.898. The van der Waals surface area contributed by atoms with Crippen LogP contribution in [0.3, 0.4) is 0 Å². The van der Waals surface area contributed by atoms with Gasteiger partial charge in [0.25, 0.3) is 0 Å². The topological polar surface area (TPSA) is 37.4 Å². The number of hydrogen-bond acceptors (Lipinski definition) is 4. The highest BCUT2D eigenvalue weighted by Gasteiger charge is 2.31. The van der Waals surface area contributed by atoms with E-state index >= 15 is 0 Å². The summed E-state index contributed by atoms with van der Waals surface area (Å²) in [5, 5.41) is 3.32. The first kappa shape index (κ1) is 17.7. The monoisotopic (exact) mass is 351 g/mol. The third kappa shape index (κ3) is 5.17. The number of hydrogen-bond donors (Lipinski definition) is 1. The first-order chi connectivity index (χ1) is 12.0. The summed E-state index contributed by atoms with van der Waals surface area (Å²) in [4.78, 5) is 5.81. The molecule has 134 valence electrons. The average molecular weight is 351 g/mol. The molecule has 1 aliphatic heterocycles. The lowest BCUT2D eigenvalue weighted by molar-refractivity contribution is -0.141. The van der Waals surface area contributed by atoms with Crippen LogP contribution >= 0.6 is 0 Å². The minimum atomic E-state index is -4.42. The highest BCUT2D eigenvalue weighted by molar-refractivity contribution is 5.27. The zero-order valence-corrected chi connectivity index (χ0v) is 13.7. The van der Waals surface area contributed by atoms with E-state index in [-0.39, 0.29) is 6.61 Å². The molecule has 0 radical (unpaired) electrons. The van der Waals surface area contributed by atoms with Gasteiger partial charge in [0.05, 0.1) is 0 Å². The number of aromatic nitrogens is 1. The van der Waals surface area contributed by atoms with E-state index in [1.165, 1.54) is 17.8 Å². The zero-order chi connectivity index (χ0) is 17.7. The molecular weight excluding hydrogens is 331 g/mol. The van der Waals surface area contributed by atoms with Crippen molar-refractivity contribution in [3.63, 3.8) is 0 Å². The Hall–Kier alpha value is -2.12. The second kappa shape index (κ2) is 7.84. The van der Waals surface area contributed by atoms with Crippen LogP contribution in [0.4, 0.5) is 13.2 Å². The predicted octanol–water partition coefficient (Wildman–Crippen LogP) is 3.08. The lowest BCUT2D eigenvalue weighted by Gasteiger charge is -2.27. The summed E-state index contributed by atoms with van der Waals surface area (Å²) in [5.41, 5.74) is 0.914. The Balaban J connectivity index is 1.51. The van der Waals surface area contributed by atoms with E-state index in [1.54, 1.807) is 0 Å². The summed E-state index contributed by atoms with van der Waals surface area (Å²) in [6.45, 7) is 5.20. The fourth-order valence-corrected chi connectivity index (χ4v) is 2.66. The molecule has 0 unspecified atom stereocenters. The third-order valence-electron chi connectivity index (χ3n) is 4.06. The Morgan fingerprint density at radius 3 is 2.28 bits per heavy atom. The molecule has 1 aliphatic rings. The Labute approximate surface area is 144 Å². The van der Waals surface area contributed by atoms with Crippen molar-refractivity contribution in [2.45, 2.75) is 19.3 Å². The van der Waals surface area contributed by atoms with Gasteiger partial charge in [-0.15, -0.1) is 0 Å². The maximum absolute atomic E-state index is 12.5. The van der Waals surface area contributed by atoms with Gasteiger partial charge in [0.15, 0.2) is 0 Å². The molecule has 3 rings (SSSR count). The molecule has 0 saturated carbocycles. The Bertz CT molecular complexity index is 665. The van der Waals surface area contributed by atoms with Gasteiger partial charge >= 0.3 is 6.18 Å². The number of halogens is 3. The number of benzene rings is 1. The van der Waals surface area contributed by atoms with E-state index in [2.05, 4.69) is 15.2 Å². The molecule has 25 heavy (non-hydrogen) atoms. The SMILES string of the molecule is FC(F)(F)c1ccc(COc2ccc(CN3CCNCC3)cc2)cn1. The number of nitrogens with one attached hydrogen (secondary N) is 1. The summed E-state index contributed by atoms with van der Waals surface area (Å²) in [6.07, 6.45) is -3.22. The number of piperazine rings is 1. The van der Waals surface area contributed by atoms with Gasteiger partial charge in [-0.3, -0.25) is 9.88 Å². The summed E-state index contributed by atoms with van der Waals surface area (Å²) in [5.74, 6) is 0.684. The standard InChI is InChI=1S/C18H20F3N3O/c19-18(20,21)17-6-3-15(11-23-17)13-25-16-4-1-14(2-5-16)12-24-9-7-22-8-10-24/h1-6,11,22H,7-10,12-13H2. The van der Waals surface area contributed by atoms with Crippen LogP contribution in [-0.2, 0) is 19.3 Å². The van der Waals surface area contributed by atoms with Crippen molar-refractivity contribution in [2.24, 2.45) is 0 Å².